The normalized spacial score (nSPS) is 18.0. The summed E-state index contributed by atoms with van der Waals surface area (Å²) in [5.74, 6) is -8.70. The van der Waals surface area contributed by atoms with Crippen molar-refractivity contribution in [1.82, 2.24) is 35.7 Å². The number of β-lactam (4-membered cyclic amide) rings is 1. The van der Waals surface area contributed by atoms with Gasteiger partial charge < -0.3 is 50.1 Å². The van der Waals surface area contributed by atoms with Crippen LogP contribution in [-0.4, -0.2) is 123 Å². The third-order valence-corrected chi connectivity index (χ3v) is 11.0. The fourth-order valence-electron chi connectivity index (χ4n) is 6.00. The molecule has 2 aliphatic rings. The van der Waals surface area contributed by atoms with E-state index in [1.165, 1.54) is 31.2 Å². The molecule has 2 aliphatic heterocycles. The zero-order valence-corrected chi connectivity index (χ0v) is 31.0. The van der Waals surface area contributed by atoms with Crippen molar-refractivity contribution in [2.75, 3.05) is 25.2 Å². The molecular weight excluding hydrogens is 799 g/mol. The largest absolute Gasteiger partial charge is 0.504 e. The zero-order valence-electron chi connectivity index (χ0n) is 29.3. The number of phenolic OH excluding ortho intramolecular Hbond substituents is 2. The summed E-state index contributed by atoms with van der Waals surface area (Å²) in [6.07, 6.45) is 0. The number of tetrazole rings is 1. The molecule has 2 aromatic heterocycles. The van der Waals surface area contributed by atoms with Crippen LogP contribution in [0.1, 0.15) is 27.7 Å². The fraction of sp³-hybridized carbons (Fsp3) is 0.273. The van der Waals surface area contributed by atoms with Crippen molar-refractivity contribution >= 4 is 70.1 Å². The predicted molar refractivity (Wildman–Crippen MR) is 192 cm³/mol. The summed E-state index contributed by atoms with van der Waals surface area (Å²) in [5, 5.41) is 62.8. The highest BCUT2D eigenvalue weighted by Crippen LogP contribution is 2.47. The molecule has 2 aromatic carbocycles. The lowest BCUT2D eigenvalue weighted by molar-refractivity contribution is -0.192. The first kappa shape index (κ1) is 40.0. The van der Waals surface area contributed by atoms with Gasteiger partial charge in [-0.3, -0.25) is 28.9 Å². The number of carboxylic acid groups (broad SMARTS) is 3. The van der Waals surface area contributed by atoms with Crippen molar-refractivity contribution in [2.24, 2.45) is 0 Å². The zero-order chi connectivity index (χ0) is 41.3. The van der Waals surface area contributed by atoms with Gasteiger partial charge in [0.2, 0.25) is 22.2 Å². The Morgan fingerprint density at radius 3 is 2.44 bits per heavy atom. The number of rotatable bonds is 15. The van der Waals surface area contributed by atoms with E-state index in [0.29, 0.717) is 0 Å². The van der Waals surface area contributed by atoms with E-state index in [0.717, 1.165) is 52.3 Å². The van der Waals surface area contributed by atoms with Crippen LogP contribution in [0, 0.1) is 6.92 Å². The van der Waals surface area contributed by atoms with E-state index in [-0.39, 0.29) is 44.7 Å². The number of aliphatic carboxylic acids is 3. The van der Waals surface area contributed by atoms with Crippen molar-refractivity contribution in [2.45, 2.75) is 35.8 Å². The standard InChI is InChI=1S/C33H29N7O15S2/c1-13-21(24(46)17-7-8-18(41)25(47)26(17)55-13)27(48)34-22(14-3-5-16(6-4-14)54-10-20(44)45)28(49)35-33(53-2)30(52)40-23(29(50)51)15(11-56-31(33)40)12-57-32-36-37-38-39(32)9-19(42)43/h3-8,22,31,41,47H,9-12H2,1-2H3,(H,34,48)(H,35,49)(H,42,43)(H,44,45)(H,50,51)/t22?,31-,33-/m0/s1. The Morgan fingerprint density at radius 1 is 1.07 bits per heavy atom. The topological polar surface area (TPSA) is 323 Å². The number of methoxy groups -OCH3 is 1. The van der Waals surface area contributed by atoms with Crippen LogP contribution >= 0.6 is 23.5 Å². The third kappa shape index (κ3) is 7.51. The number of phenols is 2. The number of nitrogens with one attached hydrogen (secondary N) is 2. The molecule has 4 aromatic rings. The van der Waals surface area contributed by atoms with Crippen LogP contribution in [0.5, 0.6) is 17.2 Å². The lowest BCUT2D eigenvalue weighted by Crippen LogP contribution is -2.81. The lowest BCUT2D eigenvalue weighted by atomic mass is 9.96. The number of thioether (sulfide) groups is 2. The Kier molecular flexibility index (Phi) is 11.1. The number of hydrogen-bond donors (Lipinski definition) is 7. The number of ether oxygens (including phenoxy) is 2. The minimum atomic E-state index is -2.17. The second-order valence-corrected chi connectivity index (χ2v) is 14.2. The van der Waals surface area contributed by atoms with Gasteiger partial charge in [-0.15, -0.1) is 16.9 Å². The van der Waals surface area contributed by atoms with Crippen molar-refractivity contribution in [1.29, 1.82) is 0 Å². The van der Waals surface area contributed by atoms with Crippen molar-refractivity contribution < 1.29 is 68.2 Å². The number of nitrogens with zero attached hydrogens (tertiary/aromatic N) is 5. The van der Waals surface area contributed by atoms with Crippen LogP contribution in [0.25, 0.3) is 11.0 Å². The summed E-state index contributed by atoms with van der Waals surface area (Å²) in [6.45, 7) is 0.00500. The highest BCUT2D eigenvalue weighted by atomic mass is 32.2. The molecule has 3 atom stereocenters. The smallest absolute Gasteiger partial charge is 0.352 e. The van der Waals surface area contributed by atoms with E-state index >= 15 is 0 Å². The van der Waals surface area contributed by atoms with Crippen molar-refractivity contribution in [3.05, 3.63) is 74.8 Å². The number of carboxylic acids is 3. The monoisotopic (exact) mass is 827 g/mol. The van der Waals surface area contributed by atoms with Gasteiger partial charge in [0, 0.05) is 18.6 Å². The molecule has 1 unspecified atom stereocenters. The SMILES string of the molecule is CO[C@@]1(NC(=O)C(NC(=O)c2c(C)oc3c(O)c(O)ccc3c2=O)c2ccc(OCC(=O)O)cc2)C(=O)N2C(C(=O)O)=C(CSc3nnnn3CC(=O)O)CS[C@H]21. The van der Waals surface area contributed by atoms with Crippen LogP contribution in [0.3, 0.4) is 0 Å². The average Bonchev–Trinajstić information content (AvgIpc) is 3.61. The van der Waals surface area contributed by atoms with E-state index in [2.05, 4.69) is 26.2 Å². The Morgan fingerprint density at radius 2 is 1.79 bits per heavy atom. The molecule has 0 saturated carbocycles. The molecule has 6 rings (SSSR count). The first-order chi connectivity index (χ1) is 27.1. The molecule has 0 bridgehead atoms. The molecule has 0 aliphatic carbocycles. The van der Waals surface area contributed by atoms with Gasteiger partial charge in [0.1, 0.15) is 40.7 Å². The number of aromatic hydroxyl groups is 2. The summed E-state index contributed by atoms with van der Waals surface area (Å²) < 4.78 is 17.2. The molecule has 4 heterocycles. The van der Waals surface area contributed by atoms with E-state index in [9.17, 15) is 48.9 Å². The van der Waals surface area contributed by atoms with E-state index in [1.54, 1.807) is 0 Å². The number of amides is 3. The highest BCUT2D eigenvalue weighted by molar-refractivity contribution is 8.01. The predicted octanol–water partition coefficient (Wildman–Crippen LogP) is 0.0232. The third-order valence-electron chi connectivity index (χ3n) is 8.63. The molecule has 1 fully saturated rings. The molecule has 24 heteroatoms. The molecule has 298 valence electrons. The maximum Gasteiger partial charge on any atom is 0.352 e. The van der Waals surface area contributed by atoms with E-state index in [1.807, 2.05) is 0 Å². The average molecular weight is 828 g/mol. The molecule has 1 saturated heterocycles. The number of carbonyl (C=O) groups is 6. The quantitative estimate of drug-likeness (QED) is 0.0359. The summed E-state index contributed by atoms with van der Waals surface area (Å²) in [6, 6.07) is 5.67. The number of aromatic nitrogens is 4. The molecule has 22 nitrogen and oxygen atoms in total. The van der Waals surface area contributed by atoms with E-state index < -0.39 is 99.7 Å². The number of aryl methyl sites for hydroxylation is 1. The molecule has 7 N–H and O–H groups in total. The Hall–Kier alpha value is -6.66. The van der Waals surface area contributed by atoms with Crippen LogP contribution in [0.15, 0.2) is 62.0 Å². The second kappa shape index (κ2) is 15.8. The summed E-state index contributed by atoms with van der Waals surface area (Å²) in [4.78, 5) is 91.1. The molecular formula is C33H29N7O15S2. The first-order valence-corrected chi connectivity index (χ1v) is 18.2. The fourth-order valence-corrected chi connectivity index (χ4v) is 8.45. The minimum Gasteiger partial charge on any atom is -0.504 e. The van der Waals surface area contributed by atoms with Crippen LogP contribution in [0.4, 0.5) is 0 Å². The van der Waals surface area contributed by atoms with Gasteiger partial charge in [0.15, 0.2) is 17.9 Å². The number of hydrogen-bond acceptors (Lipinski definition) is 17. The molecule has 0 radical (unpaired) electrons. The van der Waals surface area contributed by atoms with Crippen molar-refractivity contribution in [3.8, 4) is 17.2 Å². The number of carbonyl (C=O) groups excluding carboxylic acids is 3. The van der Waals surface area contributed by atoms with Gasteiger partial charge in [0.25, 0.3) is 17.5 Å². The summed E-state index contributed by atoms with van der Waals surface area (Å²) >= 11 is 1.98. The summed E-state index contributed by atoms with van der Waals surface area (Å²) in [5.41, 5.74) is -4.15. The Balaban J connectivity index is 1.30. The van der Waals surface area contributed by atoms with E-state index in [4.69, 9.17) is 24.1 Å². The van der Waals surface area contributed by atoms with Gasteiger partial charge >= 0.3 is 17.9 Å². The van der Waals surface area contributed by atoms with Crippen molar-refractivity contribution in [3.63, 3.8) is 0 Å². The van der Waals surface area contributed by atoms with Gasteiger partial charge in [-0.1, -0.05) is 23.9 Å². The minimum absolute atomic E-state index is 0.00682. The Labute approximate surface area is 326 Å². The molecule has 0 spiro atoms. The number of fused-ring (bicyclic) bond motifs is 2. The maximum absolute atomic E-state index is 14.2. The van der Waals surface area contributed by atoms with Crippen LogP contribution < -0.4 is 20.8 Å². The second-order valence-electron chi connectivity index (χ2n) is 12.2. The molecule has 3 amide bonds. The first-order valence-electron chi connectivity index (χ1n) is 16.2. The van der Waals surface area contributed by atoms with Gasteiger partial charge in [-0.05, 0) is 52.8 Å². The maximum atomic E-state index is 14.2. The van der Waals surface area contributed by atoms with Crippen LogP contribution in [-0.2, 0) is 35.3 Å². The van der Waals surface area contributed by atoms with Gasteiger partial charge in [-0.2, -0.15) is 0 Å². The highest BCUT2D eigenvalue weighted by Gasteiger charge is 2.67. The Bertz CT molecular complexity index is 2430. The van der Waals surface area contributed by atoms with Gasteiger partial charge in [0.05, 0.1) is 5.39 Å². The molecule has 57 heavy (non-hydrogen) atoms. The lowest BCUT2D eigenvalue weighted by Gasteiger charge is -2.56. The summed E-state index contributed by atoms with van der Waals surface area (Å²) in [7, 11) is 1.10. The van der Waals surface area contributed by atoms with Crippen LogP contribution in [0.2, 0.25) is 0 Å². The number of benzene rings is 2. The van der Waals surface area contributed by atoms with Gasteiger partial charge in [-0.25, -0.2) is 14.3 Å².